The van der Waals surface area contributed by atoms with E-state index in [4.69, 9.17) is 9.47 Å². The predicted octanol–water partition coefficient (Wildman–Crippen LogP) is 4.86. The summed E-state index contributed by atoms with van der Waals surface area (Å²) in [4.78, 5) is 38.2. The summed E-state index contributed by atoms with van der Waals surface area (Å²) in [5.74, 6) is -0.167. The molecule has 1 heterocycles. The van der Waals surface area contributed by atoms with Crippen LogP contribution in [0.25, 0.3) is 0 Å². The third-order valence-corrected chi connectivity index (χ3v) is 5.75. The number of thiophene rings is 1. The molecule has 0 aliphatic rings. The highest BCUT2D eigenvalue weighted by atomic mass is 32.1. The Kier molecular flexibility index (Phi) is 8.44. The standard InChI is InChI=1S/C24H32N2O5S/c1-14(2)31-20(27)13-18(16-8-10-17(30-7)11-9-16)25-22(28)21-15(3)12-19(32-21)26-23(29)24(4,5)6/h8-12,14,18H,13H2,1-7H3,(H,25,28)(H,26,29). The van der Waals surface area contributed by atoms with Crippen molar-refractivity contribution in [2.45, 2.75) is 60.1 Å². The van der Waals surface area contributed by atoms with Gasteiger partial charge < -0.3 is 20.1 Å². The molecule has 1 atom stereocenters. The number of ether oxygens (including phenoxy) is 2. The first-order valence-corrected chi connectivity index (χ1v) is 11.3. The fraction of sp³-hybridized carbons (Fsp3) is 0.458. The summed E-state index contributed by atoms with van der Waals surface area (Å²) in [6.45, 7) is 10.8. The van der Waals surface area contributed by atoms with E-state index in [0.29, 0.717) is 15.6 Å². The monoisotopic (exact) mass is 460 g/mol. The van der Waals surface area contributed by atoms with Crippen molar-refractivity contribution in [1.82, 2.24) is 5.32 Å². The maximum absolute atomic E-state index is 13.1. The van der Waals surface area contributed by atoms with Gasteiger partial charge in [0.15, 0.2) is 0 Å². The SMILES string of the molecule is COc1ccc(C(CC(=O)OC(C)C)NC(=O)c2sc(NC(=O)C(C)(C)C)cc2C)cc1. The zero-order valence-electron chi connectivity index (χ0n) is 19.7. The second-order valence-corrected chi connectivity index (χ2v) is 9.92. The number of hydrogen-bond acceptors (Lipinski definition) is 6. The zero-order chi connectivity index (χ0) is 24.1. The van der Waals surface area contributed by atoms with Gasteiger partial charge in [-0.2, -0.15) is 0 Å². The lowest BCUT2D eigenvalue weighted by Gasteiger charge is -2.19. The number of carbonyl (C=O) groups is 3. The first-order valence-electron chi connectivity index (χ1n) is 10.5. The molecule has 0 aliphatic heterocycles. The molecular formula is C24H32N2O5S. The van der Waals surface area contributed by atoms with E-state index in [1.54, 1.807) is 39.2 Å². The topological polar surface area (TPSA) is 93.7 Å². The van der Waals surface area contributed by atoms with E-state index in [2.05, 4.69) is 10.6 Å². The molecular weight excluding hydrogens is 428 g/mol. The molecule has 0 bridgehead atoms. The van der Waals surface area contributed by atoms with Gasteiger partial charge in [-0.05, 0) is 50.1 Å². The Morgan fingerprint density at radius 2 is 1.72 bits per heavy atom. The zero-order valence-corrected chi connectivity index (χ0v) is 20.5. The number of carbonyl (C=O) groups excluding carboxylic acids is 3. The highest BCUT2D eigenvalue weighted by Crippen LogP contribution is 2.30. The van der Waals surface area contributed by atoms with Crippen LogP contribution in [-0.2, 0) is 14.3 Å². The summed E-state index contributed by atoms with van der Waals surface area (Å²) < 4.78 is 10.5. The molecule has 0 radical (unpaired) electrons. The molecule has 0 saturated heterocycles. The third-order valence-electron chi connectivity index (χ3n) is 4.60. The molecule has 7 nitrogen and oxygen atoms in total. The average Bonchev–Trinajstić information content (AvgIpc) is 3.06. The van der Waals surface area contributed by atoms with Gasteiger partial charge in [0.05, 0.1) is 35.6 Å². The van der Waals surface area contributed by atoms with E-state index in [9.17, 15) is 14.4 Å². The fourth-order valence-corrected chi connectivity index (χ4v) is 3.83. The molecule has 32 heavy (non-hydrogen) atoms. The van der Waals surface area contributed by atoms with Crippen molar-refractivity contribution >= 4 is 34.1 Å². The van der Waals surface area contributed by atoms with Crippen LogP contribution in [0.1, 0.15) is 67.9 Å². The van der Waals surface area contributed by atoms with E-state index < -0.39 is 17.4 Å². The van der Waals surface area contributed by atoms with Gasteiger partial charge in [-0.3, -0.25) is 14.4 Å². The summed E-state index contributed by atoms with van der Waals surface area (Å²) in [7, 11) is 1.57. The summed E-state index contributed by atoms with van der Waals surface area (Å²) in [6.07, 6.45) is -0.253. The average molecular weight is 461 g/mol. The maximum atomic E-state index is 13.1. The lowest BCUT2D eigenvalue weighted by molar-refractivity contribution is -0.148. The van der Waals surface area contributed by atoms with Crippen LogP contribution < -0.4 is 15.4 Å². The third kappa shape index (κ3) is 7.09. The molecule has 1 unspecified atom stereocenters. The number of amides is 2. The molecule has 2 N–H and O–H groups in total. The number of nitrogens with one attached hydrogen (secondary N) is 2. The van der Waals surface area contributed by atoms with Gasteiger partial charge in [0.2, 0.25) is 5.91 Å². The normalized spacial score (nSPS) is 12.2. The summed E-state index contributed by atoms with van der Waals surface area (Å²) in [5, 5.41) is 6.41. The van der Waals surface area contributed by atoms with Crippen molar-refractivity contribution in [3.63, 3.8) is 0 Å². The Labute approximate surface area is 193 Å². The van der Waals surface area contributed by atoms with Crippen LogP contribution in [0.3, 0.4) is 0 Å². The van der Waals surface area contributed by atoms with Crippen LogP contribution >= 0.6 is 11.3 Å². The van der Waals surface area contributed by atoms with Crippen LogP contribution in [-0.4, -0.2) is 31.0 Å². The number of benzene rings is 1. The molecule has 1 aromatic carbocycles. The van der Waals surface area contributed by atoms with E-state index in [0.717, 1.165) is 11.1 Å². The molecule has 0 aliphatic carbocycles. The number of anilines is 1. The van der Waals surface area contributed by atoms with Gasteiger partial charge in [0, 0.05) is 5.41 Å². The minimum absolute atomic E-state index is 0.00567. The van der Waals surface area contributed by atoms with Crippen molar-refractivity contribution < 1.29 is 23.9 Å². The van der Waals surface area contributed by atoms with Crippen LogP contribution in [0.4, 0.5) is 5.00 Å². The number of aryl methyl sites for hydroxylation is 1. The largest absolute Gasteiger partial charge is 0.497 e. The Bertz CT molecular complexity index is 958. The maximum Gasteiger partial charge on any atom is 0.308 e. The number of rotatable bonds is 8. The highest BCUT2D eigenvalue weighted by molar-refractivity contribution is 7.18. The Morgan fingerprint density at radius 3 is 2.25 bits per heavy atom. The van der Waals surface area contributed by atoms with Gasteiger partial charge in [0.1, 0.15) is 5.75 Å². The van der Waals surface area contributed by atoms with Crippen LogP contribution in [0.5, 0.6) is 5.75 Å². The van der Waals surface area contributed by atoms with Gasteiger partial charge in [-0.1, -0.05) is 32.9 Å². The van der Waals surface area contributed by atoms with Gasteiger partial charge in [-0.25, -0.2) is 0 Å². The van der Waals surface area contributed by atoms with Crippen molar-refractivity contribution in [1.29, 1.82) is 0 Å². The van der Waals surface area contributed by atoms with Crippen molar-refractivity contribution in [3.8, 4) is 5.75 Å². The van der Waals surface area contributed by atoms with Crippen molar-refractivity contribution in [2.75, 3.05) is 12.4 Å². The molecule has 2 rings (SSSR count). The minimum Gasteiger partial charge on any atom is -0.497 e. The molecule has 2 aromatic rings. The van der Waals surface area contributed by atoms with Gasteiger partial charge in [-0.15, -0.1) is 11.3 Å². The molecule has 2 amide bonds. The van der Waals surface area contributed by atoms with Gasteiger partial charge in [0.25, 0.3) is 5.91 Å². The van der Waals surface area contributed by atoms with Crippen LogP contribution in [0, 0.1) is 12.3 Å². The van der Waals surface area contributed by atoms with Crippen molar-refractivity contribution in [2.24, 2.45) is 5.41 Å². The van der Waals surface area contributed by atoms with E-state index in [1.165, 1.54) is 11.3 Å². The second-order valence-electron chi connectivity index (χ2n) is 8.87. The summed E-state index contributed by atoms with van der Waals surface area (Å²) >= 11 is 1.20. The Balaban J connectivity index is 2.23. The summed E-state index contributed by atoms with van der Waals surface area (Å²) in [6, 6.07) is 8.37. The molecule has 8 heteroatoms. The van der Waals surface area contributed by atoms with Crippen LogP contribution in [0.15, 0.2) is 30.3 Å². The van der Waals surface area contributed by atoms with Crippen molar-refractivity contribution in [3.05, 3.63) is 46.3 Å². The second kappa shape index (κ2) is 10.6. The van der Waals surface area contributed by atoms with Gasteiger partial charge >= 0.3 is 5.97 Å². The van der Waals surface area contributed by atoms with E-state index >= 15 is 0 Å². The summed E-state index contributed by atoms with van der Waals surface area (Å²) in [5.41, 5.74) is 0.960. The van der Waals surface area contributed by atoms with Crippen LogP contribution in [0.2, 0.25) is 0 Å². The van der Waals surface area contributed by atoms with E-state index in [1.807, 2.05) is 39.8 Å². The fourth-order valence-electron chi connectivity index (χ4n) is 2.86. The molecule has 0 saturated carbocycles. The number of hydrogen-bond donors (Lipinski definition) is 2. The first-order chi connectivity index (χ1) is 14.9. The number of methoxy groups -OCH3 is 1. The Hall–Kier alpha value is -2.87. The molecule has 1 aromatic heterocycles. The molecule has 174 valence electrons. The predicted molar refractivity (Wildman–Crippen MR) is 126 cm³/mol. The number of esters is 1. The Morgan fingerprint density at radius 1 is 1.09 bits per heavy atom. The lowest BCUT2D eigenvalue weighted by atomic mass is 9.96. The first kappa shape index (κ1) is 25.4. The highest BCUT2D eigenvalue weighted by Gasteiger charge is 2.25. The molecule has 0 fully saturated rings. The minimum atomic E-state index is -0.575. The molecule has 0 spiro atoms. The smallest absolute Gasteiger partial charge is 0.308 e. The quantitative estimate of drug-likeness (QED) is 0.549. The lowest BCUT2D eigenvalue weighted by Crippen LogP contribution is -2.31. The van der Waals surface area contributed by atoms with E-state index in [-0.39, 0.29) is 24.3 Å².